The number of piperidine rings is 1. The number of ether oxygens (including phenoxy) is 5. The quantitative estimate of drug-likeness (QED) is 0.223. The molecule has 2 aromatic rings. The van der Waals surface area contributed by atoms with E-state index in [9.17, 15) is 9.59 Å². The van der Waals surface area contributed by atoms with Gasteiger partial charge in [0.15, 0.2) is 0 Å². The van der Waals surface area contributed by atoms with Crippen LogP contribution in [-0.2, 0) is 35.2 Å². The van der Waals surface area contributed by atoms with Gasteiger partial charge in [-0.25, -0.2) is 9.59 Å². The molecule has 2 unspecified atom stereocenters. The standard InChI is InChI=1S/C32H45NO8/c1-31(2,3)39-29(34)23-38-28-21-33(41-30(35)40-32(4,5)6)18-17-27(28)25-13-15-26(16-14-25)37-20-10-19-36-22-24-11-8-7-9-12-24/h7-9,11-16,27-28H,10,17-23H2,1-6H3. The number of nitrogens with zero attached hydrogens (tertiary/aromatic N) is 1. The molecular formula is C32H45NO8. The van der Waals surface area contributed by atoms with Crippen LogP contribution in [0.3, 0.4) is 0 Å². The average Bonchev–Trinajstić information content (AvgIpc) is 2.88. The van der Waals surface area contributed by atoms with Crippen molar-refractivity contribution in [1.29, 1.82) is 0 Å². The van der Waals surface area contributed by atoms with Crippen LogP contribution in [0.1, 0.15) is 71.4 Å². The molecule has 226 valence electrons. The molecule has 0 amide bonds. The molecular weight excluding hydrogens is 526 g/mol. The Hall–Kier alpha value is -3.14. The van der Waals surface area contributed by atoms with E-state index in [0.29, 0.717) is 32.8 Å². The fraction of sp³-hybridized carbons (Fsp3) is 0.562. The van der Waals surface area contributed by atoms with Crippen molar-refractivity contribution in [1.82, 2.24) is 5.06 Å². The summed E-state index contributed by atoms with van der Waals surface area (Å²) in [6, 6.07) is 18.0. The largest absolute Gasteiger partial charge is 0.528 e. The maximum absolute atomic E-state index is 12.4. The van der Waals surface area contributed by atoms with Crippen LogP contribution in [0.2, 0.25) is 0 Å². The number of hydrogen-bond donors (Lipinski definition) is 0. The van der Waals surface area contributed by atoms with Gasteiger partial charge >= 0.3 is 12.1 Å². The zero-order chi connectivity index (χ0) is 29.9. The number of carbonyl (C=O) groups excluding carboxylic acids is 2. The minimum atomic E-state index is -0.770. The van der Waals surface area contributed by atoms with E-state index in [1.165, 1.54) is 5.06 Å². The van der Waals surface area contributed by atoms with Crippen LogP contribution >= 0.6 is 0 Å². The highest BCUT2D eigenvalue weighted by molar-refractivity contribution is 5.71. The van der Waals surface area contributed by atoms with Gasteiger partial charge in [0.25, 0.3) is 0 Å². The predicted octanol–water partition coefficient (Wildman–Crippen LogP) is 6.06. The van der Waals surface area contributed by atoms with Crippen LogP contribution in [0.5, 0.6) is 5.75 Å². The van der Waals surface area contributed by atoms with E-state index in [1.807, 2.05) is 75.4 Å². The Kier molecular flexibility index (Phi) is 12.0. The maximum Gasteiger partial charge on any atom is 0.528 e. The second kappa shape index (κ2) is 15.2. The molecule has 0 radical (unpaired) electrons. The SMILES string of the molecule is CC(C)(C)OC(=O)COC1CN(OC(=O)OC(C)(C)C)CCC1c1ccc(OCCCOCc2ccccc2)cc1. The molecule has 2 aromatic carbocycles. The maximum atomic E-state index is 12.4. The molecule has 9 heteroatoms. The van der Waals surface area contributed by atoms with Gasteiger partial charge in [0.1, 0.15) is 23.6 Å². The zero-order valence-electron chi connectivity index (χ0n) is 25.2. The van der Waals surface area contributed by atoms with Crippen LogP contribution < -0.4 is 4.74 Å². The fourth-order valence-electron chi connectivity index (χ4n) is 4.37. The Morgan fingerprint density at radius 3 is 2.22 bits per heavy atom. The van der Waals surface area contributed by atoms with Crippen LogP contribution in [0.25, 0.3) is 0 Å². The lowest BCUT2D eigenvalue weighted by atomic mass is 9.87. The molecule has 0 N–H and O–H groups in total. The van der Waals surface area contributed by atoms with E-state index in [1.54, 1.807) is 20.8 Å². The number of esters is 1. The molecule has 1 saturated heterocycles. The van der Waals surface area contributed by atoms with Crippen LogP contribution in [-0.4, -0.2) is 67.4 Å². The number of carbonyl (C=O) groups is 2. The number of hydroxylamine groups is 2. The van der Waals surface area contributed by atoms with E-state index in [-0.39, 0.29) is 19.1 Å². The second-order valence-corrected chi connectivity index (χ2v) is 12.1. The molecule has 3 rings (SSSR count). The van der Waals surface area contributed by atoms with Gasteiger partial charge in [-0.2, -0.15) is 0 Å². The van der Waals surface area contributed by atoms with E-state index in [2.05, 4.69) is 0 Å². The lowest BCUT2D eigenvalue weighted by Crippen LogP contribution is -2.46. The van der Waals surface area contributed by atoms with Gasteiger partial charge in [-0.3, -0.25) is 0 Å². The van der Waals surface area contributed by atoms with Crippen molar-refractivity contribution in [2.24, 2.45) is 0 Å². The van der Waals surface area contributed by atoms with E-state index >= 15 is 0 Å². The van der Waals surface area contributed by atoms with Crippen LogP contribution in [0, 0.1) is 0 Å². The third-order valence-corrected chi connectivity index (χ3v) is 6.07. The third-order valence-electron chi connectivity index (χ3n) is 6.07. The Bertz CT molecular complexity index is 1080. The van der Waals surface area contributed by atoms with Crippen molar-refractivity contribution in [2.75, 3.05) is 32.9 Å². The smallest absolute Gasteiger partial charge is 0.494 e. The molecule has 1 heterocycles. The average molecular weight is 572 g/mol. The van der Waals surface area contributed by atoms with Crippen molar-refractivity contribution in [2.45, 2.75) is 84.2 Å². The van der Waals surface area contributed by atoms with Crippen molar-refractivity contribution < 1.29 is 38.1 Å². The summed E-state index contributed by atoms with van der Waals surface area (Å²) in [6.45, 7) is 13.1. The third kappa shape index (κ3) is 12.5. The molecule has 1 aliphatic heterocycles. The van der Waals surface area contributed by atoms with Crippen molar-refractivity contribution >= 4 is 12.1 Å². The summed E-state index contributed by atoms with van der Waals surface area (Å²) in [4.78, 5) is 30.0. The van der Waals surface area contributed by atoms with Gasteiger partial charge < -0.3 is 28.5 Å². The minimum Gasteiger partial charge on any atom is -0.494 e. The van der Waals surface area contributed by atoms with Crippen molar-refractivity contribution in [3.05, 3.63) is 65.7 Å². The molecule has 0 saturated carbocycles. The summed E-state index contributed by atoms with van der Waals surface area (Å²) < 4.78 is 28.4. The Balaban J connectivity index is 1.53. The Morgan fingerprint density at radius 1 is 0.878 bits per heavy atom. The molecule has 1 aliphatic rings. The monoisotopic (exact) mass is 571 g/mol. The second-order valence-electron chi connectivity index (χ2n) is 12.1. The fourth-order valence-corrected chi connectivity index (χ4v) is 4.37. The van der Waals surface area contributed by atoms with Gasteiger partial charge in [-0.05, 0) is 71.2 Å². The first-order valence-corrected chi connectivity index (χ1v) is 14.2. The summed E-state index contributed by atoms with van der Waals surface area (Å²) in [7, 11) is 0. The summed E-state index contributed by atoms with van der Waals surface area (Å²) >= 11 is 0. The van der Waals surface area contributed by atoms with Gasteiger partial charge in [-0.1, -0.05) is 42.5 Å². The molecule has 2 atom stereocenters. The highest BCUT2D eigenvalue weighted by atomic mass is 16.8. The van der Waals surface area contributed by atoms with Crippen molar-refractivity contribution in [3.63, 3.8) is 0 Å². The number of rotatable bonds is 12. The minimum absolute atomic E-state index is 0.0173. The number of benzene rings is 2. The molecule has 9 nitrogen and oxygen atoms in total. The Labute approximate surface area is 243 Å². The van der Waals surface area contributed by atoms with Crippen molar-refractivity contribution in [3.8, 4) is 5.75 Å². The van der Waals surface area contributed by atoms with Crippen LogP contribution in [0.4, 0.5) is 4.79 Å². The Morgan fingerprint density at radius 2 is 1.56 bits per heavy atom. The normalized spacial score (nSPS) is 18.0. The molecule has 0 aromatic heterocycles. The topological polar surface area (TPSA) is 92.8 Å². The van der Waals surface area contributed by atoms with Gasteiger partial charge in [0.05, 0.1) is 32.5 Å². The van der Waals surface area contributed by atoms with E-state index < -0.39 is 29.4 Å². The van der Waals surface area contributed by atoms with Gasteiger partial charge in [0, 0.05) is 18.9 Å². The van der Waals surface area contributed by atoms with Gasteiger partial charge in [-0.15, -0.1) is 5.06 Å². The molecule has 0 spiro atoms. The lowest BCUT2D eigenvalue weighted by Gasteiger charge is -2.37. The van der Waals surface area contributed by atoms with E-state index in [4.69, 9.17) is 28.5 Å². The first-order chi connectivity index (χ1) is 19.4. The molecule has 0 aliphatic carbocycles. The van der Waals surface area contributed by atoms with Crippen LogP contribution in [0.15, 0.2) is 54.6 Å². The lowest BCUT2D eigenvalue weighted by molar-refractivity contribution is -0.186. The molecule has 1 fully saturated rings. The summed E-state index contributed by atoms with van der Waals surface area (Å²) in [5.74, 6) is 0.308. The number of hydrogen-bond acceptors (Lipinski definition) is 9. The summed E-state index contributed by atoms with van der Waals surface area (Å²) in [6.07, 6.45) is 0.257. The van der Waals surface area contributed by atoms with E-state index in [0.717, 1.165) is 23.3 Å². The highest BCUT2D eigenvalue weighted by Crippen LogP contribution is 2.32. The molecule has 41 heavy (non-hydrogen) atoms. The molecule has 0 bridgehead atoms. The summed E-state index contributed by atoms with van der Waals surface area (Å²) in [5, 5.41) is 1.53. The van der Waals surface area contributed by atoms with Gasteiger partial charge in [0.2, 0.25) is 0 Å². The summed E-state index contributed by atoms with van der Waals surface area (Å²) in [5.41, 5.74) is 0.928. The first-order valence-electron chi connectivity index (χ1n) is 14.2. The predicted molar refractivity (Wildman–Crippen MR) is 154 cm³/mol. The highest BCUT2D eigenvalue weighted by Gasteiger charge is 2.34. The first kappa shape index (κ1) is 32.4. The zero-order valence-corrected chi connectivity index (χ0v) is 25.2.